The Morgan fingerprint density at radius 3 is 2.71 bits per heavy atom. The molecule has 1 aromatic heterocycles. The highest BCUT2D eigenvalue weighted by atomic mass is 19.1. The topological polar surface area (TPSA) is 38.9 Å². The first-order valence-electron chi connectivity index (χ1n) is 5.65. The standard InChI is InChI=1S/C13H14F2N2/c14-9-7-11-10(12(15)8-9)4-6-17-13(11)3-1-2-5-16/h4,6-8H,1-3,5,16H2. The Bertz CT molecular complexity index is 526. The smallest absolute Gasteiger partial charge is 0.134 e. The molecular formula is C13H14F2N2. The number of hydrogen-bond acceptors (Lipinski definition) is 2. The summed E-state index contributed by atoms with van der Waals surface area (Å²) >= 11 is 0. The van der Waals surface area contributed by atoms with E-state index in [1.165, 1.54) is 6.07 Å². The second-order valence-electron chi connectivity index (χ2n) is 3.99. The number of rotatable bonds is 4. The summed E-state index contributed by atoms with van der Waals surface area (Å²) in [6.07, 6.45) is 4.01. The van der Waals surface area contributed by atoms with Gasteiger partial charge in [0.1, 0.15) is 11.6 Å². The van der Waals surface area contributed by atoms with Crippen LogP contribution >= 0.6 is 0 Å². The Labute approximate surface area is 98.5 Å². The molecule has 0 atom stereocenters. The number of nitrogens with two attached hydrogens (primary N) is 1. The van der Waals surface area contributed by atoms with E-state index in [1.54, 1.807) is 12.3 Å². The Morgan fingerprint density at radius 1 is 1.12 bits per heavy atom. The Morgan fingerprint density at radius 2 is 1.94 bits per heavy atom. The Hall–Kier alpha value is -1.55. The zero-order valence-corrected chi connectivity index (χ0v) is 9.42. The lowest BCUT2D eigenvalue weighted by Crippen LogP contribution is -2.00. The number of nitrogens with zero attached hydrogens (tertiary/aromatic N) is 1. The number of aryl methyl sites for hydroxylation is 1. The van der Waals surface area contributed by atoms with Gasteiger partial charge in [-0.25, -0.2) is 8.78 Å². The molecule has 0 radical (unpaired) electrons. The molecule has 0 aliphatic heterocycles. The van der Waals surface area contributed by atoms with Crippen LogP contribution in [0.2, 0.25) is 0 Å². The van der Waals surface area contributed by atoms with Crippen LogP contribution in [-0.4, -0.2) is 11.5 Å². The molecule has 0 aliphatic rings. The molecule has 2 N–H and O–H groups in total. The van der Waals surface area contributed by atoms with Crippen molar-refractivity contribution < 1.29 is 8.78 Å². The van der Waals surface area contributed by atoms with Crippen molar-refractivity contribution in [1.82, 2.24) is 4.98 Å². The van der Waals surface area contributed by atoms with Crippen LogP contribution < -0.4 is 5.73 Å². The summed E-state index contributed by atoms with van der Waals surface area (Å²) < 4.78 is 26.7. The first kappa shape index (κ1) is 11.9. The fourth-order valence-electron chi connectivity index (χ4n) is 1.90. The highest BCUT2D eigenvalue weighted by Crippen LogP contribution is 2.22. The van der Waals surface area contributed by atoms with Crippen molar-refractivity contribution in [2.75, 3.05) is 6.54 Å². The third kappa shape index (κ3) is 2.58. The van der Waals surface area contributed by atoms with E-state index in [-0.39, 0.29) is 0 Å². The van der Waals surface area contributed by atoms with E-state index in [4.69, 9.17) is 5.73 Å². The molecule has 0 fully saturated rings. The number of unbranched alkanes of at least 4 members (excludes halogenated alkanes) is 1. The molecule has 0 bridgehead atoms. The van der Waals surface area contributed by atoms with Gasteiger partial charge in [0, 0.05) is 28.7 Å². The monoisotopic (exact) mass is 236 g/mol. The lowest BCUT2D eigenvalue weighted by Gasteiger charge is -2.06. The predicted octanol–water partition coefficient (Wildman–Crippen LogP) is 2.79. The average molecular weight is 236 g/mol. The van der Waals surface area contributed by atoms with Gasteiger partial charge in [-0.15, -0.1) is 0 Å². The van der Waals surface area contributed by atoms with Crippen molar-refractivity contribution in [2.45, 2.75) is 19.3 Å². The summed E-state index contributed by atoms with van der Waals surface area (Å²) in [6, 6.07) is 3.80. The lowest BCUT2D eigenvalue weighted by molar-refractivity contribution is 0.591. The van der Waals surface area contributed by atoms with Crippen molar-refractivity contribution in [3.63, 3.8) is 0 Å². The molecule has 0 spiro atoms. The van der Waals surface area contributed by atoms with Crippen LogP contribution in [0.1, 0.15) is 18.5 Å². The van der Waals surface area contributed by atoms with Crippen LogP contribution in [0.25, 0.3) is 10.8 Å². The van der Waals surface area contributed by atoms with Gasteiger partial charge in [-0.05, 0) is 37.9 Å². The van der Waals surface area contributed by atoms with Gasteiger partial charge in [-0.2, -0.15) is 0 Å². The van der Waals surface area contributed by atoms with Gasteiger partial charge in [-0.1, -0.05) is 0 Å². The normalized spacial score (nSPS) is 11.0. The zero-order valence-electron chi connectivity index (χ0n) is 9.42. The highest BCUT2D eigenvalue weighted by Gasteiger charge is 2.08. The van der Waals surface area contributed by atoms with E-state index in [1.807, 2.05) is 0 Å². The number of fused-ring (bicyclic) bond motifs is 1. The third-order valence-corrected chi connectivity index (χ3v) is 2.74. The highest BCUT2D eigenvalue weighted by molar-refractivity contribution is 5.85. The van der Waals surface area contributed by atoms with Gasteiger partial charge in [0.05, 0.1) is 0 Å². The molecule has 4 heteroatoms. The van der Waals surface area contributed by atoms with E-state index in [0.29, 0.717) is 23.7 Å². The van der Waals surface area contributed by atoms with Crippen molar-refractivity contribution in [2.24, 2.45) is 5.73 Å². The van der Waals surface area contributed by atoms with E-state index in [0.717, 1.165) is 24.6 Å². The summed E-state index contributed by atoms with van der Waals surface area (Å²) in [5, 5.41) is 0.978. The van der Waals surface area contributed by atoms with Gasteiger partial charge < -0.3 is 5.73 Å². The molecule has 2 rings (SSSR count). The number of pyridine rings is 1. The number of halogens is 2. The first-order valence-corrected chi connectivity index (χ1v) is 5.65. The minimum Gasteiger partial charge on any atom is -0.330 e. The largest absolute Gasteiger partial charge is 0.330 e. The van der Waals surface area contributed by atoms with Crippen LogP contribution in [0.4, 0.5) is 8.78 Å². The maximum atomic E-state index is 13.5. The maximum absolute atomic E-state index is 13.5. The van der Waals surface area contributed by atoms with Crippen LogP contribution in [-0.2, 0) is 6.42 Å². The number of benzene rings is 1. The minimum absolute atomic E-state index is 0.421. The van der Waals surface area contributed by atoms with E-state index in [9.17, 15) is 8.78 Å². The zero-order chi connectivity index (χ0) is 12.3. The number of hydrogen-bond donors (Lipinski definition) is 1. The van der Waals surface area contributed by atoms with Crippen molar-refractivity contribution in [3.05, 3.63) is 41.7 Å². The van der Waals surface area contributed by atoms with Crippen LogP contribution in [0.15, 0.2) is 24.4 Å². The summed E-state index contributed by atoms with van der Waals surface area (Å²) in [5.74, 6) is -1.11. The first-order chi connectivity index (χ1) is 8.22. The van der Waals surface area contributed by atoms with Gasteiger partial charge >= 0.3 is 0 Å². The fourth-order valence-corrected chi connectivity index (χ4v) is 1.90. The van der Waals surface area contributed by atoms with E-state index < -0.39 is 11.6 Å². The van der Waals surface area contributed by atoms with Crippen LogP contribution in [0.5, 0.6) is 0 Å². The molecule has 0 amide bonds. The van der Waals surface area contributed by atoms with E-state index >= 15 is 0 Å². The van der Waals surface area contributed by atoms with Gasteiger partial charge in [0.15, 0.2) is 0 Å². The van der Waals surface area contributed by atoms with Crippen LogP contribution in [0.3, 0.4) is 0 Å². The average Bonchev–Trinajstić information content (AvgIpc) is 2.30. The van der Waals surface area contributed by atoms with Gasteiger partial charge in [0.2, 0.25) is 0 Å². The van der Waals surface area contributed by atoms with E-state index in [2.05, 4.69) is 4.98 Å². The summed E-state index contributed by atoms with van der Waals surface area (Å²) in [7, 11) is 0. The molecule has 0 unspecified atom stereocenters. The molecular weight excluding hydrogens is 222 g/mol. The molecule has 1 heterocycles. The van der Waals surface area contributed by atoms with Crippen molar-refractivity contribution in [3.8, 4) is 0 Å². The van der Waals surface area contributed by atoms with Gasteiger partial charge in [0.25, 0.3) is 0 Å². The molecule has 1 aromatic carbocycles. The molecule has 90 valence electrons. The molecule has 0 saturated heterocycles. The summed E-state index contributed by atoms with van der Waals surface area (Å²) in [4.78, 5) is 4.19. The Balaban J connectivity index is 2.42. The summed E-state index contributed by atoms with van der Waals surface area (Å²) in [6.45, 7) is 0.619. The Kier molecular flexibility index (Phi) is 3.64. The van der Waals surface area contributed by atoms with Gasteiger partial charge in [-0.3, -0.25) is 4.98 Å². The second-order valence-corrected chi connectivity index (χ2v) is 3.99. The molecule has 17 heavy (non-hydrogen) atoms. The molecule has 0 aliphatic carbocycles. The molecule has 0 saturated carbocycles. The van der Waals surface area contributed by atoms with Crippen molar-refractivity contribution in [1.29, 1.82) is 0 Å². The molecule has 2 aromatic rings. The van der Waals surface area contributed by atoms with Crippen LogP contribution in [0, 0.1) is 11.6 Å². The maximum Gasteiger partial charge on any atom is 0.134 e. The van der Waals surface area contributed by atoms with Crippen molar-refractivity contribution >= 4 is 10.8 Å². The second kappa shape index (κ2) is 5.19. The lowest BCUT2D eigenvalue weighted by atomic mass is 10.1. The third-order valence-electron chi connectivity index (χ3n) is 2.74. The predicted molar refractivity (Wildman–Crippen MR) is 63.7 cm³/mol. The quantitative estimate of drug-likeness (QED) is 0.829. The fraction of sp³-hybridized carbons (Fsp3) is 0.308. The SMILES string of the molecule is NCCCCc1nccc2c(F)cc(F)cc12. The minimum atomic E-state index is -0.567. The summed E-state index contributed by atoms with van der Waals surface area (Å²) in [5.41, 5.74) is 6.14. The number of aromatic nitrogens is 1. The molecule has 2 nitrogen and oxygen atoms in total.